The number of benzene rings is 2. The zero-order valence-electron chi connectivity index (χ0n) is 16.9. The van der Waals surface area contributed by atoms with E-state index in [1.165, 1.54) is 0 Å². The molecule has 0 saturated heterocycles. The minimum Gasteiger partial charge on any atom is -0.489 e. The smallest absolute Gasteiger partial charge is 0.250 e. The second-order valence-electron chi connectivity index (χ2n) is 7.47. The van der Waals surface area contributed by atoms with Gasteiger partial charge in [0.15, 0.2) is 0 Å². The zero-order valence-corrected chi connectivity index (χ0v) is 16.9. The fourth-order valence-corrected chi connectivity index (χ4v) is 3.51. The number of aliphatic imine (C=N–C) groups is 1. The summed E-state index contributed by atoms with van der Waals surface area (Å²) in [4.78, 5) is 31.0. The van der Waals surface area contributed by atoms with Crippen molar-refractivity contribution in [2.45, 2.75) is 25.5 Å². The maximum absolute atomic E-state index is 13.2. The molecule has 0 spiro atoms. The Morgan fingerprint density at radius 3 is 2.94 bits per heavy atom. The van der Waals surface area contributed by atoms with Gasteiger partial charge in [0, 0.05) is 18.0 Å². The lowest BCUT2D eigenvalue weighted by molar-refractivity contribution is -0.130. The molecule has 4 rings (SSSR count). The number of nitriles is 1. The highest BCUT2D eigenvalue weighted by atomic mass is 16.5. The van der Waals surface area contributed by atoms with E-state index in [4.69, 9.17) is 10.00 Å². The molecule has 0 bridgehead atoms. The van der Waals surface area contributed by atoms with Crippen LogP contribution in [0.2, 0.25) is 0 Å². The Kier molecular flexibility index (Phi) is 5.37. The third-order valence-electron chi connectivity index (χ3n) is 5.15. The zero-order chi connectivity index (χ0) is 21.8. The molecule has 1 N–H and O–H groups in total. The molecule has 1 atom stereocenters. The standard InChI is InChI=1S/C24H20N4O3/c1-24(14-22(29)27-21-10-2-3-11-28(21)24)23(30)26-19-8-5-9-20(13-19)31-16-18-7-4-6-17(12-18)15-25/h2-13H,14,16H2,1H3,(H,26,30)/t24-/m0/s1. The third-order valence-corrected chi connectivity index (χ3v) is 5.15. The molecule has 2 amide bonds. The van der Waals surface area contributed by atoms with Crippen LogP contribution in [0.5, 0.6) is 5.75 Å². The molecule has 7 nitrogen and oxygen atoms in total. The van der Waals surface area contributed by atoms with E-state index in [1.54, 1.807) is 72.6 Å². The van der Waals surface area contributed by atoms with E-state index in [-0.39, 0.29) is 18.2 Å². The Morgan fingerprint density at radius 1 is 1.26 bits per heavy atom. The minimum absolute atomic E-state index is 0.0219. The van der Waals surface area contributed by atoms with Crippen LogP contribution >= 0.6 is 0 Å². The summed E-state index contributed by atoms with van der Waals surface area (Å²) in [5.41, 5.74) is 0.909. The number of hydrogen-bond acceptors (Lipinski definition) is 5. The molecule has 2 heterocycles. The van der Waals surface area contributed by atoms with Gasteiger partial charge < -0.3 is 15.0 Å². The number of hydrogen-bond donors (Lipinski definition) is 1. The quantitative estimate of drug-likeness (QED) is 0.810. The van der Waals surface area contributed by atoms with Crippen molar-refractivity contribution >= 4 is 23.3 Å². The molecule has 2 aromatic carbocycles. The first-order valence-corrected chi connectivity index (χ1v) is 9.77. The Labute approximate surface area is 180 Å². The van der Waals surface area contributed by atoms with E-state index in [9.17, 15) is 9.59 Å². The molecule has 0 aromatic heterocycles. The van der Waals surface area contributed by atoms with Gasteiger partial charge in [0.2, 0.25) is 0 Å². The number of nitrogens with zero attached hydrogens (tertiary/aromatic N) is 3. The monoisotopic (exact) mass is 412 g/mol. The second-order valence-corrected chi connectivity index (χ2v) is 7.47. The van der Waals surface area contributed by atoms with Gasteiger partial charge in [0.25, 0.3) is 11.8 Å². The SMILES string of the molecule is C[C@@]1(C(=O)Nc2cccc(OCc3cccc(C#N)c3)c2)CC(=O)N=C2C=CC=CN21. The molecule has 0 saturated carbocycles. The average Bonchev–Trinajstić information content (AvgIpc) is 2.78. The van der Waals surface area contributed by atoms with Crippen LogP contribution in [0.4, 0.5) is 5.69 Å². The minimum atomic E-state index is -1.09. The number of amidine groups is 1. The van der Waals surface area contributed by atoms with Gasteiger partial charge in [0.05, 0.1) is 18.1 Å². The Hall–Kier alpha value is -4.18. The Bertz CT molecular complexity index is 1180. The maximum Gasteiger partial charge on any atom is 0.250 e. The van der Waals surface area contributed by atoms with E-state index in [1.807, 2.05) is 12.1 Å². The predicted molar refractivity (Wildman–Crippen MR) is 116 cm³/mol. The van der Waals surface area contributed by atoms with Crippen molar-refractivity contribution in [1.82, 2.24) is 4.90 Å². The third kappa shape index (κ3) is 4.23. The summed E-state index contributed by atoms with van der Waals surface area (Å²) in [5.74, 6) is 0.383. The number of fused-ring (bicyclic) bond motifs is 1. The van der Waals surface area contributed by atoms with Gasteiger partial charge >= 0.3 is 0 Å². The van der Waals surface area contributed by atoms with Crippen molar-refractivity contribution in [2.75, 3.05) is 5.32 Å². The molecular weight excluding hydrogens is 392 g/mol. The fourth-order valence-electron chi connectivity index (χ4n) is 3.51. The lowest BCUT2D eigenvalue weighted by Crippen LogP contribution is -2.58. The number of nitrogens with one attached hydrogen (secondary N) is 1. The van der Waals surface area contributed by atoms with Crippen molar-refractivity contribution in [3.05, 3.63) is 84.1 Å². The summed E-state index contributed by atoms with van der Waals surface area (Å²) < 4.78 is 5.82. The Morgan fingerprint density at radius 2 is 2.10 bits per heavy atom. The van der Waals surface area contributed by atoms with Crippen LogP contribution in [-0.4, -0.2) is 28.1 Å². The number of allylic oxidation sites excluding steroid dienone is 2. The van der Waals surface area contributed by atoms with E-state index < -0.39 is 5.54 Å². The number of ether oxygens (including phenoxy) is 1. The van der Waals surface area contributed by atoms with Crippen LogP contribution in [-0.2, 0) is 16.2 Å². The molecule has 0 unspecified atom stereocenters. The van der Waals surface area contributed by atoms with E-state index in [0.29, 0.717) is 29.4 Å². The fraction of sp³-hybridized carbons (Fsp3) is 0.167. The summed E-state index contributed by atoms with van der Waals surface area (Å²) in [7, 11) is 0. The topological polar surface area (TPSA) is 94.8 Å². The summed E-state index contributed by atoms with van der Waals surface area (Å²) in [6.07, 6.45) is 7.01. The number of amides is 2. The van der Waals surface area contributed by atoms with Crippen molar-refractivity contribution in [3.8, 4) is 11.8 Å². The maximum atomic E-state index is 13.2. The van der Waals surface area contributed by atoms with Crippen LogP contribution in [0.25, 0.3) is 0 Å². The first kappa shape index (κ1) is 20.1. The highest BCUT2D eigenvalue weighted by Gasteiger charge is 2.45. The van der Waals surface area contributed by atoms with Crippen LogP contribution in [0.15, 0.2) is 78.0 Å². The van der Waals surface area contributed by atoms with Crippen molar-refractivity contribution in [1.29, 1.82) is 5.26 Å². The largest absolute Gasteiger partial charge is 0.489 e. The van der Waals surface area contributed by atoms with Gasteiger partial charge in [0.1, 0.15) is 23.7 Å². The molecule has 0 aliphatic carbocycles. The molecular formula is C24H20N4O3. The number of rotatable bonds is 5. The molecule has 0 radical (unpaired) electrons. The molecule has 31 heavy (non-hydrogen) atoms. The highest BCUT2D eigenvalue weighted by molar-refractivity contribution is 6.11. The number of carbonyl (C=O) groups excluding carboxylic acids is 2. The first-order valence-electron chi connectivity index (χ1n) is 9.77. The molecule has 0 fully saturated rings. The lowest BCUT2D eigenvalue weighted by Gasteiger charge is -2.41. The van der Waals surface area contributed by atoms with Crippen molar-refractivity contribution < 1.29 is 14.3 Å². The van der Waals surface area contributed by atoms with Crippen LogP contribution in [0.3, 0.4) is 0 Å². The van der Waals surface area contributed by atoms with Gasteiger partial charge in [-0.05, 0) is 48.9 Å². The van der Waals surface area contributed by atoms with E-state index in [0.717, 1.165) is 5.56 Å². The van der Waals surface area contributed by atoms with Gasteiger partial charge in [-0.2, -0.15) is 10.3 Å². The van der Waals surface area contributed by atoms with Crippen molar-refractivity contribution in [3.63, 3.8) is 0 Å². The predicted octanol–water partition coefficient (Wildman–Crippen LogP) is 3.55. The van der Waals surface area contributed by atoms with E-state index >= 15 is 0 Å². The highest BCUT2D eigenvalue weighted by Crippen LogP contribution is 2.30. The summed E-state index contributed by atoms with van der Waals surface area (Å²) in [6.45, 7) is 2.02. The Balaban J connectivity index is 1.47. The molecule has 2 aliphatic heterocycles. The normalized spacial score (nSPS) is 19.3. The van der Waals surface area contributed by atoms with Gasteiger partial charge in [-0.3, -0.25) is 9.59 Å². The molecule has 2 aliphatic rings. The number of anilines is 1. The van der Waals surface area contributed by atoms with Gasteiger partial charge in [-0.15, -0.1) is 0 Å². The molecule has 7 heteroatoms. The summed E-state index contributed by atoms with van der Waals surface area (Å²) in [6, 6.07) is 16.4. The summed E-state index contributed by atoms with van der Waals surface area (Å²) >= 11 is 0. The van der Waals surface area contributed by atoms with Gasteiger partial charge in [-0.1, -0.05) is 24.3 Å². The number of carbonyl (C=O) groups is 2. The van der Waals surface area contributed by atoms with Crippen LogP contribution in [0, 0.1) is 11.3 Å². The second kappa shape index (κ2) is 8.28. The first-order chi connectivity index (χ1) is 15.0. The van der Waals surface area contributed by atoms with E-state index in [2.05, 4.69) is 16.4 Å². The van der Waals surface area contributed by atoms with Gasteiger partial charge in [-0.25, -0.2) is 0 Å². The molecule has 2 aromatic rings. The average molecular weight is 412 g/mol. The van der Waals surface area contributed by atoms with Crippen LogP contribution in [0.1, 0.15) is 24.5 Å². The van der Waals surface area contributed by atoms with Crippen LogP contribution < -0.4 is 10.1 Å². The van der Waals surface area contributed by atoms with Crippen molar-refractivity contribution in [2.24, 2.45) is 4.99 Å². The summed E-state index contributed by atoms with van der Waals surface area (Å²) in [5, 5.41) is 11.9. The lowest BCUT2D eigenvalue weighted by atomic mass is 9.91. The molecule has 154 valence electrons.